The molecule has 6 heterocycles. The maximum Gasteiger partial charge on any atom is 0.0985 e. The van der Waals surface area contributed by atoms with Gasteiger partial charge in [0.25, 0.3) is 0 Å². The first-order valence-corrected chi connectivity index (χ1v) is 13.8. The van der Waals surface area contributed by atoms with Crippen molar-refractivity contribution in [3.8, 4) is 0 Å². The van der Waals surface area contributed by atoms with Crippen molar-refractivity contribution in [3.63, 3.8) is 0 Å². The summed E-state index contributed by atoms with van der Waals surface area (Å²) in [6.07, 6.45) is 10.7. The van der Waals surface area contributed by atoms with Crippen LogP contribution in [-0.2, 0) is 19.8 Å². The van der Waals surface area contributed by atoms with Gasteiger partial charge in [0.1, 0.15) is 0 Å². The molecule has 0 saturated carbocycles. The van der Waals surface area contributed by atoms with Gasteiger partial charge >= 0.3 is 0 Å². The number of anilines is 1. The second-order valence-corrected chi connectivity index (χ2v) is 9.87. The van der Waals surface area contributed by atoms with Gasteiger partial charge in [0.2, 0.25) is 0 Å². The molecule has 0 atom stereocenters. The van der Waals surface area contributed by atoms with E-state index in [9.17, 15) is 0 Å². The number of fused-ring (bicyclic) bond motifs is 9. The molecule has 44 heavy (non-hydrogen) atoms. The minimum absolute atomic E-state index is 0. The summed E-state index contributed by atoms with van der Waals surface area (Å²) >= 11 is 0. The van der Waals surface area contributed by atoms with E-state index in [0.717, 1.165) is 71.1 Å². The van der Waals surface area contributed by atoms with Crippen LogP contribution in [0.15, 0.2) is 140 Å². The van der Waals surface area contributed by atoms with Gasteiger partial charge in [0.15, 0.2) is 0 Å². The van der Waals surface area contributed by atoms with Crippen molar-refractivity contribution in [3.05, 3.63) is 140 Å². The Morgan fingerprint density at radius 2 is 0.636 bits per heavy atom. The molecule has 0 bridgehead atoms. The molecule has 212 valence electrons. The molecule has 9 aromatic rings. The molecule has 0 aliphatic heterocycles. The molecule has 0 spiro atoms. The zero-order chi connectivity index (χ0) is 29.0. The van der Waals surface area contributed by atoms with Crippen molar-refractivity contribution >= 4 is 71.1 Å². The summed E-state index contributed by atoms with van der Waals surface area (Å²) in [6, 6.07) is 34.0. The average molecular weight is 746 g/mol. The molecular formula is C36H25N7Os. The van der Waals surface area contributed by atoms with Crippen LogP contribution in [-0.4, -0.2) is 29.9 Å². The Morgan fingerprint density at radius 1 is 0.341 bits per heavy atom. The van der Waals surface area contributed by atoms with Crippen LogP contribution in [0.25, 0.3) is 65.4 Å². The fourth-order valence-electron chi connectivity index (χ4n) is 5.16. The minimum atomic E-state index is 0. The first kappa shape index (κ1) is 28.7. The van der Waals surface area contributed by atoms with Gasteiger partial charge in [-0.05, 0) is 48.5 Å². The molecule has 0 aliphatic rings. The van der Waals surface area contributed by atoms with Crippen molar-refractivity contribution < 1.29 is 19.8 Å². The van der Waals surface area contributed by atoms with Crippen molar-refractivity contribution in [1.82, 2.24) is 29.9 Å². The monoisotopic (exact) mass is 747 g/mol. The van der Waals surface area contributed by atoms with Crippen LogP contribution in [0.4, 0.5) is 5.69 Å². The number of nitrogens with zero attached hydrogens (tertiary/aromatic N) is 6. The quantitative estimate of drug-likeness (QED) is 0.124. The number of hydrogen-bond donors (Lipinski definition) is 1. The summed E-state index contributed by atoms with van der Waals surface area (Å²) in [6.45, 7) is 0. The second-order valence-electron chi connectivity index (χ2n) is 9.87. The Morgan fingerprint density at radius 3 is 1.02 bits per heavy atom. The largest absolute Gasteiger partial charge is 0.398 e. The Kier molecular flexibility index (Phi) is 8.36. The topological polar surface area (TPSA) is 103 Å². The molecule has 3 aromatic carbocycles. The third kappa shape index (κ3) is 5.64. The van der Waals surface area contributed by atoms with Crippen LogP contribution in [0, 0.1) is 0 Å². The van der Waals surface area contributed by atoms with E-state index in [1.165, 1.54) is 0 Å². The van der Waals surface area contributed by atoms with Gasteiger partial charge < -0.3 is 5.73 Å². The molecular weight excluding hydrogens is 721 g/mol. The molecule has 9 rings (SSSR count). The van der Waals surface area contributed by atoms with E-state index in [4.69, 9.17) is 5.73 Å². The van der Waals surface area contributed by atoms with E-state index in [2.05, 4.69) is 78.4 Å². The van der Waals surface area contributed by atoms with Crippen LogP contribution >= 0.6 is 0 Å². The van der Waals surface area contributed by atoms with Crippen LogP contribution in [0.1, 0.15) is 0 Å². The maximum atomic E-state index is 5.95. The van der Waals surface area contributed by atoms with E-state index >= 15 is 0 Å². The SMILES string of the molecule is Nc1cc2cccnc2c2ncccc12.[Os].c1cnc2c(c1)ccc1cccnc12.c1cnc2c(c1)ccc1cccnc12. The molecule has 0 saturated heterocycles. The van der Waals surface area contributed by atoms with Gasteiger partial charge in [0, 0.05) is 95.0 Å². The van der Waals surface area contributed by atoms with Crippen molar-refractivity contribution in [1.29, 1.82) is 0 Å². The molecule has 6 aromatic heterocycles. The van der Waals surface area contributed by atoms with Crippen LogP contribution < -0.4 is 5.73 Å². The number of nitrogens with two attached hydrogens (primary N) is 1. The molecule has 8 heteroatoms. The smallest absolute Gasteiger partial charge is 0.0985 e. The van der Waals surface area contributed by atoms with Crippen molar-refractivity contribution in [2.75, 3.05) is 5.73 Å². The van der Waals surface area contributed by atoms with Gasteiger partial charge in [-0.2, -0.15) is 0 Å². The van der Waals surface area contributed by atoms with Crippen molar-refractivity contribution in [2.45, 2.75) is 0 Å². The van der Waals surface area contributed by atoms with E-state index in [-0.39, 0.29) is 19.8 Å². The number of aromatic nitrogens is 6. The van der Waals surface area contributed by atoms with Gasteiger partial charge in [-0.1, -0.05) is 54.6 Å². The molecule has 7 nitrogen and oxygen atoms in total. The van der Waals surface area contributed by atoms with Crippen LogP contribution in [0.2, 0.25) is 0 Å². The summed E-state index contributed by atoms with van der Waals surface area (Å²) in [4.78, 5) is 26.0. The molecule has 0 fully saturated rings. The van der Waals surface area contributed by atoms with Gasteiger partial charge in [-0.25, -0.2) is 0 Å². The summed E-state index contributed by atoms with van der Waals surface area (Å²) < 4.78 is 0. The fourth-order valence-corrected chi connectivity index (χ4v) is 5.16. The Balaban J connectivity index is 0.000000116. The Bertz CT molecular complexity index is 2170. The number of pyridine rings is 6. The van der Waals surface area contributed by atoms with E-state index in [1.807, 2.05) is 54.6 Å². The third-order valence-corrected chi connectivity index (χ3v) is 7.18. The molecule has 0 unspecified atom stereocenters. The van der Waals surface area contributed by atoms with E-state index in [1.54, 1.807) is 37.2 Å². The summed E-state index contributed by atoms with van der Waals surface area (Å²) in [7, 11) is 0. The molecule has 2 N–H and O–H groups in total. The number of nitrogen functional groups attached to an aromatic ring is 1. The van der Waals surface area contributed by atoms with Crippen LogP contribution in [0.3, 0.4) is 0 Å². The minimum Gasteiger partial charge on any atom is -0.398 e. The number of hydrogen-bond acceptors (Lipinski definition) is 7. The van der Waals surface area contributed by atoms with Gasteiger partial charge in [-0.3, -0.25) is 29.9 Å². The molecule has 0 aliphatic carbocycles. The van der Waals surface area contributed by atoms with E-state index in [0.29, 0.717) is 0 Å². The average Bonchev–Trinajstić information content (AvgIpc) is 3.09. The summed E-state index contributed by atoms with van der Waals surface area (Å²) in [5.74, 6) is 0. The second kappa shape index (κ2) is 12.8. The first-order valence-electron chi connectivity index (χ1n) is 13.8. The predicted molar refractivity (Wildman–Crippen MR) is 176 cm³/mol. The Hall–Kier alpha value is -5.44. The third-order valence-electron chi connectivity index (χ3n) is 7.18. The fraction of sp³-hybridized carbons (Fsp3) is 0. The van der Waals surface area contributed by atoms with Crippen LogP contribution in [0.5, 0.6) is 0 Å². The number of benzene rings is 3. The van der Waals surface area contributed by atoms with Gasteiger partial charge in [-0.15, -0.1) is 0 Å². The normalized spacial score (nSPS) is 10.6. The summed E-state index contributed by atoms with van der Waals surface area (Å²) in [5.41, 5.74) is 12.4. The zero-order valence-corrected chi connectivity index (χ0v) is 25.9. The first-order chi connectivity index (χ1) is 21.3. The predicted octanol–water partition coefficient (Wildman–Crippen LogP) is 7.93. The standard InChI is InChI=1S/C12H9N3.2C12H8N2.Os/c13-10-7-8-3-1-5-14-11(8)12-9(10)4-2-6-15-12;2*1-3-9-5-6-10-4-2-8-14-12(10)11(9)13-7-1;/h1-7H,13H2;2*1-8H;. The van der Waals surface area contributed by atoms with Gasteiger partial charge in [0.05, 0.1) is 33.1 Å². The molecule has 0 radical (unpaired) electrons. The van der Waals surface area contributed by atoms with E-state index < -0.39 is 0 Å². The van der Waals surface area contributed by atoms with Crippen molar-refractivity contribution in [2.24, 2.45) is 0 Å². The summed E-state index contributed by atoms with van der Waals surface area (Å²) in [5, 5.41) is 6.54. The Labute approximate surface area is 265 Å². The zero-order valence-electron chi connectivity index (χ0n) is 23.4. The number of rotatable bonds is 0. The maximum absolute atomic E-state index is 5.95. The molecule has 0 amide bonds.